The Hall–Kier alpha value is -2.42. The van der Waals surface area contributed by atoms with Gasteiger partial charge in [0, 0.05) is 12.1 Å². The van der Waals surface area contributed by atoms with Gasteiger partial charge in [0.1, 0.15) is 0 Å². The third kappa shape index (κ3) is 9.94. The molecule has 9 heteroatoms. The van der Waals surface area contributed by atoms with Crippen molar-refractivity contribution < 1.29 is 27.6 Å². The van der Waals surface area contributed by atoms with Gasteiger partial charge >= 0.3 is 12.1 Å². The number of aliphatic carboxylic acids is 1. The molecule has 0 spiro atoms. The molecule has 6 nitrogen and oxygen atoms in total. The van der Waals surface area contributed by atoms with Gasteiger partial charge in [-0.25, -0.2) is 4.79 Å². The van der Waals surface area contributed by atoms with Crippen molar-refractivity contribution in [3.8, 4) is 11.4 Å². The first-order valence-electron chi connectivity index (χ1n) is 11.7. The Kier molecular flexibility index (Phi) is 11.4. The summed E-state index contributed by atoms with van der Waals surface area (Å²) >= 11 is 0. The average molecular weight is 470 g/mol. The second-order valence-corrected chi connectivity index (χ2v) is 8.37. The van der Waals surface area contributed by atoms with Gasteiger partial charge in [-0.2, -0.15) is 18.2 Å². The number of rotatable bonds is 11. The second kappa shape index (κ2) is 14.0. The summed E-state index contributed by atoms with van der Waals surface area (Å²) in [5, 5.41) is 14.6. The van der Waals surface area contributed by atoms with Crippen LogP contribution in [0.25, 0.3) is 11.4 Å². The lowest BCUT2D eigenvalue weighted by atomic mass is 10.0. The Morgan fingerprint density at radius 3 is 2.24 bits per heavy atom. The van der Waals surface area contributed by atoms with Crippen LogP contribution in [0.5, 0.6) is 0 Å². The number of unbranched alkanes of at least 4 members (excludes halogenated alkanes) is 7. The van der Waals surface area contributed by atoms with Gasteiger partial charge in [0.05, 0.1) is 5.92 Å². The number of aryl methyl sites for hydroxylation is 1. The third-order valence-electron chi connectivity index (χ3n) is 5.62. The molecule has 0 unspecified atom stereocenters. The summed E-state index contributed by atoms with van der Waals surface area (Å²) in [5.41, 5.74) is 2.45. The lowest BCUT2D eigenvalue weighted by molar-refractivity contribution is -0.192. The summed E-state index contributed by atoms with van der Waals surface area (Å²) < 4.78 is 37.2. The van der Waals surface area contributed by atoms with Crippen molar-refractivity contribution in [2.24, 2.45) is 0 Å². The van der Waals surface area contributed by atoms with E-state index < -0.39 is 12.1 Å². The van der Waals surface area contributed by atoms with Crippen molar-refractivity contribution in [3.63, 3.8) is 0 Å². The molecule has 3 rings (SSSR count). The summed E-state index contributed by atoms with van der Waals surface area (Å²) in [7, 11) is 0. The van der Waals surface area contributed by atoms with Crippen LogP contribution in [0, 0.1) is 0 Å². The van der Waals surface area contributed by atoms with Crippen LogP contribution >= 0.6 is 0 Å². The van der Waals surface area contributed by atoms with E-state index in [1.165, 1.54) is 63.4 Å². The van der Waals surface area contributed by atoms with E-state index in [1.807, 2.05) is 0 Å². The number of hydrogen-bond donors (Lipinski definition) is 2. The first-order valence-corrected chi connectivity index (χ1v) is 11.7. The molecule has 1 aliphatic heterocycles. The number of alkyl halides is 3. The highest BCUT2D eigenvalue weighted by atomic mass is 19.4. The number of carboxylic acids is 1. The molecule has 0 aliphatic carbocycles. The number of nitrogens with zero attached hydrogens (tertiary/aromatic N) is 2. The fraction of sp³-hybridized carbons (Fsp3) is 0.625. The zero-order valence-electron chi connectivity index (χ0n) is 19.2. The molecule has 0 radical (unpaired) electrons. The zero-order valence-corrected chi connectivity index (χ0v) is 19.2. The lowest BCUT2D eigenvalue weighted by Gasteiger charge is -2.03. The molecule has 1 saturated heterocycles. The lowest BCUT2D eigenvalue weighted by Crippen LogP contribution is -2.21. The van der Waals surface area contributed by atoms with Crippen molar-refractivity contribution in [1.82, 2.24) is 15.5 Å². The summed E-state index contributed by atoms with van der Waals surface area (Å²) in [6.07, 6.45) is 8.12. The SMILES string of the molecule is CCCCCCCCCCc1ccc(-c2noc([C@H]3CCNC3)n2)cc1.O=C(O)C(F)(F)F. The van der Waals surface area contributed by atoms with Gasteiger partial charge in [0.15, 0.2) is 0 Å². The molecule has 1 aliphatic rings. The number of benzene rings is 1. The second-order valence-electron chi connectivity index (χ2n) is 8.37. The number of carboxylic acid groups (broad SMARTS) is 1. The minimum absolute atomic E-state index is 0.373. The van der Waals surface area contributed by atoms with Crippen molar-refractivity contribution in [3.05, 3.63) is 35.7 Å². The van der Waals surface area contributed by atoms with Crippen molar-refractivity contribution >= 4 is 5.97 Å². The van der Waals surface area contributed by atoms with E-state index in [9.17, 15) is 13.2 Å². The normalized spacial score (nSPS) is 15.8. The Morgan fingerprint density at radius 2 is 1.70 bits per heavy atom. The molecule has 0 bridgehead atoms. The van der Waals surface area contributed by atoms with E-state index in [4.69, 9.17) is 14.4 Å². The standard InChI is InChI=1S/C22H33N3O.C2HF3O2/c1-2-3-4-5-6-7-8-9-10-18-11-13-19(14-12-18)21-24-22(26-25-21)20-15-16-23-17-20;3-2(4,5)1(6)7/h11-14,20,23H,2-10,15-17H2,1H3;(H,6,7)/t20-;/m0./s1. The van der Waals surface area contributed by atoms with Crippen LogP contribution in [-0.4, -0.2) is 40.5 Å². The van der Waals surface area contributed by atoms with Gasteiger partial charge in [0.2, 0.25) is 11.7 Å². The van der Waals surface area contributed by atoms with Gasteiger partial charge in [-0.15, -0.1) is 0 Å². The molecule has 184 valence electrons. The average Bonchev–Trinajstić information content (AvgIpc) is 3.48. The predicted molar refractivity (Wildman–Crippen MR) is 120 cm³/mol. The number of nitrogens with one attached hydrogen (secondary N) is 1. The number of hydrogen-bond acceptors (Lipinski definition) is 5. The van der Waals surface area contributed by atoms with Gasteiger partial charge in [-0.3, -0.25) is 0 Å². The Labute approximate surface area is 193 Å². The molecule has 2 heterocycles. The van der Waals surface area contributed by atoms with E-state index in [1.54, 1.807) is 0 Å². The molecule has 0 saturated carbocycles. The van der Waals surface area contributed by atoms with Gasteiger partial charge in [-0.1, -0.05) is 81.3 Å². The Bertz CT molecular complexity index is 816. The Balaban J connectivity index is 0.000000479. The molecule has 33 heavy (non-hydrogen) atoms. The minimum atomic E-state index is -5.08. The highest BCUT2D eigenvalue weighted by Crippen LogP contribution is 2.24. The van der Waals surface area contributed by atoms with Crippen molar-refractivity contribution in [2.75, 3.05) is 13.1 Å². The van der Waals surface area contributed by atoms with Gasteiger partial charge in [-0.05, 0) is 31.4 Å². The topological polar surface area (TPSA) is 88.3 Å². The van der Waals surface area contributed by atoms with Crippen molar-refractivity contribution in [1.29, 1.82) is 0 Å². The molecule has 1 aromatic heterocycles. The summed E-state index contributed by atoms with van der Waals surface area (Å²) in [5.74, 6) is -0.900. The molecule has 2 aromatic rings. The highest BCUT2D eigenvalue weighted by Gasteiger charge is 2.38. The highest BCUT2D eigenvalue weighted by molar-refractivity contribution is 5.73. The van der Waals surface area contributed by atoms with E-state index in [0.29, 0.717) is 11.7 Å². The maximum absolute atomic E-state index is 10.6. The smallest absolute Gasteiger partial charge is 0.475 e. The largest absolute Gasteiger partial charge is 0.490 e. The summed E-state index contributed by atoms with van der Waals surface area (Å²) in [6.45, 7) is 4.25. The van der Waals surface area contributed by atoms with E-state index in [-0.39, 0.29) is 0 Å². The van der Waals surface area contributed by atoms with Gasteiger partial charge in [0.25, 0.3) is 0 Å². The first-order chi connectivity index (χ1) is 15.8. The molecule has 2 N–H and O–H groups in total. The number of aromatic nitrogens is 2. The zero-order chi connectivity index (χ0) is 24.1. The maximum atomic E-state index is 10.6. The van der Waals surface area contributed by atoms with Gasteiger partial charge < -0.3 is 14.9 Å². The van der Waals surface area contributed by atoms with E-state index in [2.05, 4.69) is 46.6 Å². The summed E-state index contributed by atoms with van der Waals surface area (Å²) in [4.78, 5) is 13.5. The van der Waals surface area contributed by atoms with Crippen LogP contribution in [0.15, 0.2) is 28.8 Å². The van der Waals surface area contributed by atoms with E-state index in [0.717, 1.165) is 31.0 Å². The molecule has 1 fully saturated rings. The minimum Gasteiger partial charge on any atom is -0.475 e. The molecule has 1 atom stereocenters. The molecule has 1 aromatic carbocycles. The molecule has 0 amide bonds. The quantitative estimate of drug-likeness (QED) is 0.385. The van der Waals surface area contributed by atoms with Crippen LogP contribution in [0.1, 0.15) is 82.1 Å². The third-order valence-corrected chi connectivity index (χ3v) is 5.62. The van der Waals surface area contributed by atoms with Crippen LogP contribution in [0.4, 0.5) is 13.2 Å². The Morgan fingerprint density at radius 1 is 1.09 bits per heavy atom. The van der Waals surface area contributed by atoms with Crippen LogP contribution in [-0.2, 0) is 11.2 Å². The summed E-state index contributed by atoms with van der Waals surface area (Å²) in [6, 6.07) is 8.68. The monoisotopic (exact) mass is 469 g/mol. The van der Waals surface area contributed by atoms with Crippen LogP contribution < -0.4 is 5.32 Å². The predicted octanol–water partition coefficient (Wildman–Crippen LogP) is 6.13. The number of halogens is 3. The maximum Gasteiger partial charge on any atom is 0.490 e. The van der Waals surface area contributed by atoms with Crippen molar-refractivity contribution in [2.45, 2.75) is 83.2 Å². The van der Waals surface area contributed by atoms with E-state index >= 15 is 0 Å². The first kappa shape index (κ1) is 26.8. The van der Waals surface area contributed by atoms with Crippen LogP contribution in [0.2, 0.25) is 0 Å². The fourth-order valence-corrected chi connectivity index (χ4v) is 3.67. The molecular weight excluding hydrogens is 435 g/mol. The van der Waals surface area contributed by atoms with Crippen LogP contribution in [0.3, 0.4) is 0 Å². The fourth-order valence-electron chi connectivity index (χ4n) is 3.67. The number of carbonyl (C=O) groups is 1. The molecular formula is C24H34F3N3O3.